The molecule has 0 radical (unpaired) electrons. The Balaban J connectivity index is 1.73. The zero-order valence-corrected chi connectivity index (χ0v) is 16.8. The molecule has 1 aliphatic rings. The minimum atomic E-state index is -0.549. The van der Waals surface area contributed by atoms with Gasteiger partial charge in [0.15, 0.2) is 0 Å². The molecule has 1 aromatic heterocycles. The van der Waals surface area contributed by atoms with Gasteiger partial charge >= 0.3 is 5.97 Å². The first-order valence-corrected chi connectivity index (χ1v) is 9.51. The molecular formula is C22H21ClN2O3. The predicted octanol–water partition coefficient (Wildman–Crippen LogP) is 4.80. The molecule has 0 atom stereocenters. The maximum atomic E-state index is 13.0. The molecule has 1 amide bonds. The van der Waals surface area contributed by atoms with Crippen LogP contribution in [-0.2, 0) is 22.6 Å². The van der Waals surface area contributed by atoms with Gasteiger partial charge < -0.3 is 14.2 Å². The number of esters is 1. The molecule has 0 saturated heterocycles. The van der Waals surface area contributed by atoms with Crippen molar-refractivity contribution in [2.75, 3.05) is 4.90 Å². The summed E-state index contributed by atoms with van der Waals surface area (Å²) in [5.41, 5.74) is 2.48. The summed E-state index contributed by atoms with van der Waals surface area (Å²) in [4.78, 5) is 27.1. The fraction of sp³-hybridized carbons (Fsp3) is 0.273. The predicted molar refractivity (Wildman–Crippen MR) is 110 cm³/mol. The Bertz CT molecular complexity index is 1090. The Labute approximate surface area is 168 Å². The summed E-state index contributed by atoms with van der Waals surface area (Å²) in [6.45, 7) is 6.05. The van der Waals surface area contributed by atoms with E-state index >= 15 is 0 Å². The van der Waals surface area contributed by atoms with Gasteiger partial charge in [0, 0.05) is 11.6 Å². The molecule has 0 spiro atoms. The van der Waals surface area contributed by atoms with Crippen LogP contribution in [0.15, 0.2) is 48.7 Å². The van der Waals surface area contributed by atoms with Crippen molar-refractivity contribution in [3.05, 3.63) is 64.8 Å². The van der Waals surface area contributed by atoms with E-state index in [-0.39, 0.29) is 18.4 Å². The number of rotatable bonds is 3. The molecule has 2 aromatic carbocycles. The van der Waals surface area contributed by atoms with E-state index < -0.39 is 5.60 Å². The zero-order valence-electron chi connectivity index (χ0n) is 16.0. The molecule has 0 unspecified atom stereocenters. The molecular weight excluding hydrogens is 376 g/mol. The van der Waals surface area contributed by atoms with Crippen molar-refractivity contribution in [2.45, 2.75) is 39.5 Å². The average molecular weight is 397 g/mol. The Hall–Kier alpha value is -2.79. The fourth-order valence-electron chi connectivity index (χ4n) is 3.62. The van der Waals surface area contributed by atoms with Crippen molar-refractivity contribution in [2.24, 2.45) is 0 Å². The number of halogens is 1. The van der Waals surface area contributed by atoms with Gasteiger partial charge in [-0.05, 0) is 44.5 Å². The number of carbonyl (C=O) groups is 2. The molecule has 0 bridgehead atoms. The first-order chi connectivity index (χ1) is 13.2. The number of amides is 1. The molecule has 1 aliphatic heterocycles. The lowest BCUT2D eigenvalue weighted by Gasteiger charge is -2.21. The second-order valence-corrected chi connectivity index (χ2v) is 8.32. The standard InChI is InChI=1S/C22H21ClN2O3/c1-22(2,3)28-18(26)13-24-11-10-14-6-5-9-17(20(14)24)25-12-15-7-4-8-16(23)19(15)21(25)27/h4-11H,12-13H2,1-3H3. The summed E-state index contributed by atoms with van der Waals surface area (Å²) in [6.07, 6.45) is 1.85. The van der Waals surface area contributed by atoms with Crippen molar-refractivity contribution in [3.8, 4) is 0 Å². The Morgan fingerprint density at radius 3 is 2.61 bits per heavy atom. The summed E-state index contributed by atoms with van der Waals surface area (Å²) in [5, 5.41) is 1.41. The minimum absolute atomic E-state index is 0.0769. The summed E-state index contributed by atoms with van der Waals surface area (Å²) in [7, 11) is 0. The number of fused-ring (bicyclic) bond motifs is 2. The van der Waals surface area contributed by atoms with E-state index in [1.165, 1.54) is 0 Å². The third-order valence-electron chi connectivity index (χ3n) is 4.66. The first kappa shape index (κ1) is 18.6. The zero-order chi connectivity index (χ0) is 20.1. The second-order valence-electron chi connectivity index (χ2n) is 7.91. The van der Waals surface area contributed by atoms with Gasteiger partial charge in [0.25, 0.3) is 5.91 Å². The summed E-state index contributed by atoms with van der Waals surface area (Å²) < 4.78 is 7.29. The summed E-state index contributed by atoms with van der Waals surface area (Å²) in [6, 6.07) is 13.2. The van der Waals surface area contributed by atoms with E-state index in [1.54, 1.807) is 11.0 Å². The van der Waals surface area contributed by atoms with E-state index in [2.05, 4.69) is 0 Å². The third-order valence-corrected chi connectivity index (χ3v) is 4.98. The highest BCUT2D eigenvalue weighted by atomic mass is 35.5. The number of nitrogens with zero attached hydrogens (tertiary/aromatic N) is 2. The van der Waals surface area contributed by atoms with E-state index in [0.717, 1.165) is 22.2 Å². The van der Waals surface area contributed by atoms with E-state index in [4.69, 9.17) is 16.3 Å². The molecule has 5 nitrogen and oxygen atoms in total. The number of hydrogen-bond acceptors (Lipinski definition) is 3. The van der Waals surface area contributed by atoms with Gasteiger partial charge in [-0.2, -0.15) is 0 Å². The number of benzene rings is 2. The van der Waals surface area contributed by atoms with Crippen molar-refractivity contribution in [3.63, 3.8) is 0 Å². The number of hydrogen-bond donors (Lipinski definition) is 0. The quantitative estimate of drug-likeness (QED) is 0.598. The van der Waals surface area contributed by atoms with Crippen LogP contribution in [0.25, 0.3) is 10.9 Å². The number of aromatic nitrogens is 1. The lowest BCUT2D eigenvalue weighted by Crippen LogP contribution is -2.27. The Morgan fingerprint density at radius 1 is 1.14 bits per heavy atom. The molecule has 28 heavy (non-hydrogen) atoms. The molecule has 144 valence electrons. The molecule has 0 saturated carbocycles. The molecule has 4 rings (SSSR count). The van der Waals surface area contributed by atoms with Gasteiger partial charge in [-0.15, -0.1) is 0 Å². The van der Waals surface area contributed by atoms with Crippen LogP contribution in [-0.4, -0.2) is 22.0 Å². The highest BCUT2D eigenvalue weighted by Gasteiger charge is 2.32. The van der Waals surface area contributed by atoms with Crippen LogP contribution in [0, 0.1) is 0 Å². The maximum absolute atomic E-state index is 13.0. The molecule has 3 aromatic rings. The Kier molecular flexibility index (Phi) is 4.42. The molecule has 0 N–H and O–H groups in total. The van der Waals surface area contributed by atoms with E-state index in [0.29, 0.717) is 17.1 Å². The number of ether oxygens (including phenoxy) is 1. The van der Waals surface area contributed by atoms with Crippen LogP contribution in [0.3, 0.4) is 0 Å². The molecule has 0 fully saturated rings. The lowest BCUT2D eigenvalue weighted by molar-refractivity contribution is -0.155. The number of para-hydroxylation sites is 1. The van der Waals surface area contributed by atoms with Crippen molar-refractivity contribution in [1.82, 2.24) is 4.57 Å². The largest absolute Gasteiger partial charge is 0.459 e. The monoisotopic (exact) mass is 396 g/mol. The normalized spacial score (nSPS) is 13.9. The van der Waals surface area contributed by atoms with E-state index in [9.17, 15) is 9.59 Å². The third kappa shape index (κ3) is 3.27. The summed E-state index contributed by atoms with van der Waals surface area (Å²) in [5.74, 6) is -0.447. The van der Waals surface area contributed by atoms with Crippen LogP contribution >= 0.6 is 11.6 Å². The summed E-state index contributed by atoms with van der Waals surface area (Å²) >= 11 is 6.26. The van der Waals surface area contributed by atoms with Crippen LogP contribution < -0.4 is 4.90 Å². The molecule has 2 heterocycles. The van der Waals surface area contributed by atoms with E-state index in [1.807, 2.05) is 67.9 Å². The first-order valence-electron chi connectivity index (χ1n) is 9.13. The highest BCUT2D eigenvalue weighted by Crippen LogP contribution is 2.36. The van der Waals surface area contributed by atoms with Crippen LogP contribution in [0.4, 0.5) is 5.69 Å². The number of anilines is 1. The minimum Gasteiger partial charge on any atom is -0.459 e. The van der Waals surface area contributed by atoms with Gasteiger partial charge in [0.1, 0.15) is 12.1 Å². The smallest absolute Gasteiger partial charge is 0.326 e. The van der Waals surface area contributed by atoms with Crippen molar-refractivity contribution in [1.29, 1.82) is 0 Å². The SMILES string of the molecule is CC(C)(C)OC(=O)Cn1ccc2cccc(N3Cc4cccc(Cl)c4C3=O)c21. The van der Waals surface area contributed by atoms with Crippen LogP contribution in [0.1, 0.15) is 36.7 Å². The number of carbonyl (C=O) groups excluding carboxylic acids is 2. The second kappa shape index (κ2) is 6.67. The topological polar surface area (TPSA) is 51.5 Å². The van der Waals surface area contributed by atoms with Crippen molar-refractivity contribution >= 4 is 40.1 Å². The van der Waals surface area contributed by atoms with Gasteiger partial charge in [-0.25, -0.2) is 0 Å². The van der Waals surface area contributed by atoms with Crippen molar-refractivity contribution < 1.29 is 14.3 Å². The molecule has 6 heteroatoms. The lowest BCUT2D eigenvalue weighted by atomic mass is 10.1. The van der Waals surface area contributed by atoms with Gasteiger partial charge in [0.05, 0.1) is 28.3 Å². The van der Waals surface area contributed by atoms with Gasteiger partial charge in [-0.3, -0.25) is 9.59 Å². The van der Waals surface area contributed by atoms with Crippen LogP contribution in [0.2, 0.25) is 5.02 Å². The average Bonchev–Trinajstić information content (AvgIpc) is 3.15. The molecule has 0 aliphatic carbocycles. The highest BCUT2D eigenvalue weighted by molar-refractivity contribution is 6.35. The maximum Gasteiger partial charge on any atom is 0.326 e. The fourth-order valence-corrected chi connectivity index (χ4v) is 3.89. The Morgan fingerprint density at radius 2 is 1.89 bits per heavy atom. The van der Waals surface area contributed by atoms with Gasteiger partial charge in [-0.1, -0.05) is 35.9 Å². The van der Waals surface area contributed by atoms with Crippen LogP contribution in [0.5, 0.6) is 0 Å². The van der Waals surface area contributed by atoms with Gasteiger partial charge in [0.2, 0.25) is 0 Å².